The van der Waals surface area contributed by atoms with Gasteiger partial charge in [-0.25, -0.2) is 4.79 Å². The van der Waals surface area contributed by atoms with Crippen molar-refractivity contribution in [1.82, 2.24) is 0 Å². The molecule has 0 spiro atoms. The molecule has 0 aliphatic heterocycles. The normalized spacial score (nSPS) is 26.9. The van der Waals surface area contributed by atoms with Crippen LogP contribution in [0.1, 0.15) is 6.42 Å². The summed E-state index contributed by atoms with van der Waals surface area (Å²) in [5.41, 5.74) is 0. The van der Waals surface area contributed by atoms with E-state index in [1.807, 2.05) is 0 Å². The molecule has 1 atom stereocenters. The van der Waals surface area contributed by atoms with Gasteiger partial charge in [-0.05, 0) is 0 Å². The highest BCUT2D eigenvalue weighted by Gasteiger charge is 2.36. The van der Waals surface area contributed by atoms with Crippen LogP contribution < -0.4 is 0 Å². The van der Waals surface area contributed by atoms with Gasteiger partial charge in [-0.1, -0.05) is 0 Å². The van der Waals surface area contributed by atoms with Crippen LogP contribution >= 0.6 is 0 Å². The predicted octanol–water partition coefficient (Wildman–Crippen LogP) is -0.588. The van der Waals surface area contributed by atoms with Gasteiger partial charge >= 0.3 is 6.47 Å². The van der Waals surface area contributed by atoms with Gasteiger partial charge in [0.25, 0.3) is 0 Å². The summed E-state index contributed by atoms with van der Waals surface area (Å²) in [4.78, 5) is 19.3. The largest absolute Gasteiger partial charge is 0.445 e. The molecule has 1 aliphatic carbocycles. The highest BCUT2D eigenvalue weighted by molar-refractivity contribution is 5.99. The Kier molecular flexibility index (Phi) is 0.817. The second-order valence-electron chi connectivity index (χ2n) is 1.36. The van der Waals surface area contributed by atoms with Crippen molar-refractivity contribution in [3.63, 3.8) is 0 Å². The molecule has 0 saturated heterocycles. The Bertz CT molecular complexity index is 108. The van der Waals surface area contributed by atoms with Crippen molar-refractivity contribution in [3.05, 3.63) is 0 Å². The number of carbonyl (C=O) groups is 1. The van der Waals surface area contributed by atoms with Gasteiger partial charge < -0.3 is 4.74 Å². The van der Waals surface area contributed by atoms with E-state index in [-0.39, 0.29) is 5.78 Å². The second kappa shape index (κ2) is 1.33. The quantitative estimate of drug-likeness (QED) is 0.464. The van der Waals surface area contributed by atoms with Crippen LogP contribution in [-0.4, -0.2) is 18.4 Å². The van der Waals surface area contributed by atoms with Gasteiger partial charge in [0.05, 0.1) is 6.42 Å². The van der Waals surface area contributed by atoms with Gasteiger partial charge in [-0.2, -0.15) is 0 Å². The molecule has 1 saturated carbocycles. The molecule has 0 aromatic rings. The lowest BCUT2D eigenvalue weighted by atomic mass is 10.8. The van der Waals surface area contributed by atoms with Gasteiger partial charge in [0.2, 0.25) is 0 Å². The minimum atomic E-state index is -0.447. The third-order valence-electron chi connectivity index (χ3n) is 0.776. The molecular weight excluding hydrogens is 96.0 g/mol. The molecule has 0 heterocycles. The average Bonchev–Trinajstić information content (AvgIpc) is 2.22. The average molecular weight is 99.1 g/mol. The topological polar surface area (TPSA) is 43.4 Å². The van der Waals surface area contributed by atoms with Crippen molar-refractivity contribution in [2.45, 2.75) is 12.5 Å². The molecule has 1 aliphatic rings. The molecule has 0 aromatic heterocycles. The Morgan fingerprint density at radius 1 is 1.86 bits per heavy atom. The summed E-state index contributed by atoms with van der Waals surface area (Å²) in [7, 11) is 0. The highest BCUT2D eigenvalue weighted by atomic mass is 16.5. The van der Waals surface area contributed by atoms with E-state index >= 15 is 0 Å². The summed E-state index contributed by atoms with van der Waals surface area (Å²) in [6.07, 6.45) is -0.0626. The van der Waals surface area contributed by atoms with Crippen LogP contribution in [0, 0.1) is 0 Å². The monoisotopic (exact) mass is 99.0 g/mol. The molecule has 7 heavy (non-hydrogen) atoms. The molecule has 0 amide bonds. The maximum atomic E-state index is 9.97. The Balaban J connectivity index is 2.20. The van der Waals surface area contributed by atoms with E-state index in [1.54, 1.807) is 0 Å². The van der Waals surface area contributed by atoms with Crippen LogP contribution in [0.25, 0.3) is 0 Å². The number of ether oxygens (including phenoxy) is 1. The van der Waals surface area contributed by atoms with Crippen LogP contribution in [-0.2, 0) is 14.3 Å². The molecular formula is C4H3O3. The number of carbonyl (C=O) groups excluding carboxylic acids is 2. The van der Waals surface area contributed by atoms with E-state index in [2.05, 4.69) is 4.74 Å². The van der Waals surface area contributed by atoms with Crippen LogP contribution in [0.3, 0.4) is 0 Å². The number of rotatable bonds is 2. The summed E-state index contributed by atoms with van der Waals surface area (Å²) in [5.74, 6) is -0.0108. The van der Waals surface area contributed by atoms with E-state index in [0.29, 0.717) is 6.42 Å². The summed E-state index contributed by atoms with van der Waals surface area (Å²) in [6, 6.07) is 0. The first-order valence-electron chi connectivity index (χ1n) is 1.90. The van der Waals surface area contributed by atoms with Crippen LogP contribution in [0.15, 0.2) is 0 Å². The maximum absolute atomic E-state index is 9.97. The first-order valence-corrected chi connectivity index (χ1v) is 1.90. The SMILES string of the molecule is O=[C]OC1CC1=O. The molecule has 0 bridgehead atoms. The lowest BCUT2D eigenvalue weighted by molar-refractivity contribution is -0.112. The fourth-order valence-corrected chi connectivity index (χ4v) is 0.289. The van der Waals surface area contributed by atoms with Crippen molar-refractivity contribution >= 4 is 12.3 Å². The fraction of sp³-hybridized carbons (Fsp3) is 0.500. The molecule has 1 unspecified atom stereocenters. The molecule has 37 valence electrons. The number of Topliss-reactive ketones (excluding diaryl/α,β-unsaturated/α-hetero) is 1. The minimum Gasteiger partial charge on any atom is -0.445 e. The molecule has 0 aromatic carbocycles. The summed E-state index contributed by atoms with van der Waals surface area (Å²) in [5, 5.41) is 0. The number of hydrogen-bond acceptors (Lipinski definition) is 3. The third kappa shape index (κ3) is 0.765. The minimum absolute atomic E-state index is 0.0108. The van der Waals surface area contributed by atoms with Crippen molar-refractivity contribution < 1.29 is 14.3 Å². The molecule has 3 heteroatoms. The Morgan fingerprint density at radius 3 is 2.57 bits per heavy atom. The van der Waals surface area contributed by atoms with Crippen LogP contribution in [0.4, 0.5) is 0 Å². The third-order valence-corrected chi connectivity index (χ3v) is 0.776. The van der Waals surface area contributed by atoms with E-state index in [9.17, 15) is 9.59 Å². The summed E-state index contributed by atoms with van der Waals surface area (Å²) >= 11 is 0. The Hall–Kier alpha value is -0.860. The zero-order valence-electron chi connectivity index (χ0n) is 3.51. The van der Waals surface area contributed by atoms with Crippen molar-refractivity contribution in [2.24, 2.45) is 0 Å². The number of hydrogen-bond donors (Lipinski definition) is 0. The first-order chi connectivity index (χ1) is 3.34. The first kappa shape index (κ1) is 4.30. The van der Waals surface area contributed by atoms with Crippen molar-refractivity contribution in [1.29, 1.82) is 0 Å². The molecule has 3 nitrogen and oxygen atoms in total. The van der Waals surface area contributed by atoms with Gasteiger partial charge in [-0.15, -0.1) is 0 Å². The molecule has 1 radical (unpaired) electrons. The fourth-order valence-electron chi connectivity index (χ4n) is 0.289. The highest BCUT2D eigenvalue weighted by Crippen LogP contribution is 2.16. The summed E-state index contributed by atoms with van der Waals surface area (Å²) < 4.78 is 4.11. The van der Waals surface area contributed by atoms with Gasteiger partial charge in [0.15, 0.2) is 11.9 Å². The van der Waals surface area contributed by atoms with Gasteiger partial charge in [0, 0.05) is 0 Å². The van der Waals surface area contributed by atoms with Crippen LogP contribution in [0.2, 0.25) is 0 Å². The smallest absolute Gasteiger partial charge is 0.418 e. The zero-order valence-corrected chi connectivity index (χ0v) is 3.51. The standard InChI is InChI=1S/C4H3O3/c5-2-7-4-1-3(4)6/h4H,1H2. The van der Waals surface area contributed by atoms with Gasteiger partial charge in [-0.3, -0.25) is 4.79 Å². The second-order valence-corrected chi connectivity index (χ2v) is 1.36. The lowest BCUT2D eigenvalue weighted by Gasteiger charge is -1.79. The predicted molar refractivity (Wildman–Crippen MR) is 20.2 cm³/mol. The molecule has 1 rings (SSSR count). The van der Waals surface area contributed by atoms with E-state index < -0.39 is 6.10 Å². The van der Waals surface area contributed by atoms with Gasteiger partial charge in [0.1, 0.15) is 0 Å². The molecule has 0 N–H and O–H groups in total. The molecule has 1 fully saturated rings. The summed E-state index contributed by atoms with van der Waals surface area (Å²) in [6.45, 7) is 1.19. The van der Waals surface area contributed by atoms with E-state index in [1.165, 1.54) is 6.47 Å². The Labute approximate surface area is 40.3 Å². The van der Waals surface area contributed by atoms with Crippen molar-refractivity contribution in [2.75, 3.05) is 0 Å². The zero-order chi connectivity index (χ0) is 5.28. The lowest BCUT2D eigenvalue weighted by Crippen LogP contribution is -1.91. The van der Waals surface area contributed by atoms with Crippen molar-refractivity contribution in [3.8, 4) is 0 Å². The van der Waals surface area contributed by atoms with E-state index in [4.69, 9.17) is 0 Å². The van der Waals surface area contributed by atoms with E-state index in [0.717, 1.165) is 0 Å². The Morgan fingerprint density at radius 2 is 2.43 bits per heavy atom. The maximum Gasteiger partial charge on any atom is 0.418 e. The van der Waals surface area contributed by atoms with Crippen LogP contribution in [0.5, 0.6) is 0 Å². The number of ketones is 1.